The lowest BCUT2D eigenvalue weighted by Crippen LogP contribution is -2.35. The average molecular weight is 220 g/mol. The van der Waals surface area contributed by atoms with Crippen molar-refractivity contribution in [3.63, 3.8) is 0 Å². The van der Waals surface area contributed by atoms with Crippen LogP contribution in [0.5, 0.6) is 0 Å². The second kappa shape index (κ2) is 4.61. The summed E-state index contributed by atoms with van der Waals surface area (Å²) in [5.41, 5.74) is 0.645. The van der Waals surface area contributed by atoms with Gasteiger partial charge in [-0.2, -0.15) is 0 Å². The van der Waals surface area contributed by atoms with Gasteiger partial charge in [0.05, 0.1) is 12.0 Å². The molecule has 0 radical (unpaired) electrons. The number of nitrogens with zero attached hydrogens (tertiary/aromatic N) is 1. The van der Waals surface area contributed by atoms with Crippen LogP contribution in [0.2, 0.25) is 0 Å². The Bertz CT molecular complexity index is 361. The van der Waals surface area contributed by atoms with Crippen molar-refractivity contribution in [1.82, 2.24) is 10.3 Å². The topological polar surface area (TPSA) is 62.2 Å². The molecule has 1 aromatic rings. The zero-order chi connectivity index (χ0) is 11.4. The third kappa shape index (κ3) is 2.39. The van der Waals surface area contributed by atoms with E-state index in [-0.39, 0.29) is 12.5 Å². The summed E-state index contributed by atoms with van der Waals surface area (Å²) in [5.74, 6) is -0.0149. The largest absolute Gasteiger partial charge is 0.395 e. The van der Waals surface area contributed by atoms with Gasteiger partial charge < -0.3 is 10.4 Å². The summed E-state index contributed by atoms with van der Waals surface area (Å²) in [5, 5.41) is 11.9. The molecule has 1 fully saturated rings. The van der Waals surface area contributed by atoms with Crippen molar-refractivity contribution < 1.29 is 9.90 Å². The van der Waals surface area contributed by atoms with E-state index >= 15 is 0 Å². The Morgan fingerprint density at radius 2 is 2.38 bits per heavy atom. The minimum absolute atomic E-state index is 0.0149. The summed E-state index contributed by atoms with van der Waals surface area (Å²) in [4.78, 5) is 15.7. The predicted molar refractivity (Wildman–Crippen MR) is 59.7 cm³/mol. The Morgan fingerprint density at radius 1 is 1.56 bits per heavy atom. The van der Waals surface area contributed by atoms with Crippen LogP contribution in [0.1, 0.15) is 18.4 Å². The quantitative estimate of drug-likeness (QED) is 0.760. The molecule has 0 unspecified atom stereocenters. The van der Waals surface area contributed by atoms with Gasteiger partial charge in [0.1, 0.15) is 0 Å². The second-order valence-corrected chi connectivity index (χ2v) is 4.31. The van der Waals surface area contributed by atoms with Gasteiger partial charge in [0.15, 0.2) is 0 Å². The van der Waals surface area contributed by atoms with Gasteiger partial charge in [0.2, 0.25) is 5.91 Å². The van der Waals surface area contributed by atoms with E-state index in [1.807, 2.05) is 12.1 Å². The molecule has 1 heterocycles. The molecule has 86 valence electrons. The average Bonchev–Trinajstić information content (AvgIpc) is 3.11. The van der Waals surface area contributed by atoms with E-state index in [4.69, 9.17) is 5.11 Å². The number of carbonyl (C=O) groups excluding carboxylic acids is 1. The first kappa shape index (κ1) is 11.1. The maximum atomic E-state index is 11.7. The second-order valence-electron chi connectivity index (χ2n) is 4.31. The monoisotopic (exact) mass is 220 g/mol. The van der Waals surface area contributed by atoms with Crippen molar-refractivity contribution in [2.45, 2.75) is 19.3 Å². The van der Waals surface area contributed by atoms with Gasteiger partial charge in [0.25, 0.3) is 0 Å². The van der Waals surface area contributed by atoms with Crippen LogP contribution in [0.3, 0.4) is 0 Å². The van der Waals surface area contributed by atoms with Crippen LogP contribution in [0, 0.1) is 5.41 Å². The highest BCUT2D eigenvalue weighted by Gasteiger charge is 2.49. The first-order valence-electron chi connectivity index (χ1n) is 5.55. The van der Waals surface area contributed by atoms with Crippen molar-refractivity contribution in [2.75, 3.05) is 13.2 Å². The number of pyridine rings is 1. The van der Waals surface area contributed by atoms with Crippen LogP contribution in [0.15, 0.2) is 24.5 Å². The molecule has 1 saturated carbocycles. The van der Waals surface area contributed by atoms with Gasteiger partial charge in [-0.05, 0) is 30.9 Å². The highest BCUT2D eigenvalue weighted by molar-refractivity contribution is 5.85. The number of hydrogen-bond donors (Lipinski definition) is 2. The molecule has 0 saturated heterocycles. The van der Waals surface area contributed by atoms with Crippen LogP contribution < -0.4 is 5.32 Å². The smallest absolute Gasteiger partial charge is 0.228 e. The number of amides is 1. The highest BCUT2D eigenvalue weighted by Crippen LogP contribution is 2.45. The Morgan fingerprint density at radius 3 is 2.94 bits per heavy atom. The number of rotatable bonds is 5. The van der Waals surface area contributed by atoms with Crippen molar-refractivity contribution in [2.24, 2.45) is 5.41 Å². The fourth-order valence-corrected chi connectivity index (χ4v) is 1.66. The third-order valence-electron chi connectivity index (χ3n) is 3.06. The molecule has 2 rings (SSSR count). The number of aromatic nitrogens is 1. The van der Waals surface area contributed by atoms with E-state index in [1.54, 1.807) is 12.4 Å². The molecule has 0 bridgehead atoms. The van der Waals surface area contributed by atoms with Crippen LogP contribution in [-0.4, -0.2) is 29.1 Å². The zero-order valence-electron chi connectivity index (χ0n) is 9.15. The van der Waals surface area contributed by atoms with Crippen LogP contribution >= 0.6 is 0 Å². The molecule has 1 amide bonds. The molecule has 4 nitrogen and oxygen atoms in total. The van der Waals surface area contributed by atoms with E-state index in [0.717, 1.165) is 24.8 Å². The van der Waals surface area contributed by atoms with Gasteiger partial charge in [-0.1, -0.05) is 6.07 Å². The van der Waals surface area contributed by atoms with Crippen LogP contribution in [0.25, 0.3) is 0 Å². The van der Waals surface area contributed by atoms with Crippen LogP contribution in [0.4, 0.5) is 0 Å². The Labute approximate surface area is 94.7 Å². The van der Waals surface area contributed by atoms with Crippen molar-refractivity contribution in [3.8, 4) is 0 Å². The summed E-state index contributed by atoms with van der Waals surface area (Å²) < 4.78 is 0. The molecule has 1 aliphatic carbocycles. The molecule has 0 atom stereocenters. The van der Waals surface area contributed by atoms with Crippen molar-refractivity contribution >= 4 is 5.91 Å². The molecule has 0 aromatic carbocycles. The first-order valence-corrected chi connectivity index (χ1v) is 5.55. The minimum Gasteiger partial charge on any atom is -0.395 e. The molecule has 0 aliphatic heterocycles. The normalized spacial score (nSPS) is 16.8. The molecule has 16 heavy (non-hydrogen) atoms. The number of carbonyl (C=O) groups is 1. The highest BCUT2D eigenvalue weighted by atomic mass is 16.3. The third-order valence-corrected chi connectivity index (χ3v) is 3.06. The lowest BCUT2D eigenvalue weighted by molar-refractivity contribution is -0.127. The Kier molecular flexibility index (Phi) is 3.19. The predicted octanol–water partition coefficient (Wildman–Crippen LogP) is 0.513. The molecule has 1 aliphatic rings. The molecule has 4 heteroatoms. The van der Waals surface area contributed by atoms with Gasteiger partial charge in [-0.3, -0.25) is 9.78 Å². The van der Waals surface area contributed by atoms with Crippen molar-refractivity contribution in [1.29, 1.82) is 0 Å². The molecule has 1 aromatic heterocycles. The number of hydrogen-bond acceptors (Lipinski definition) is 3. The minimum atomic E-state index is -0.463. The maximum absolute atomic E-state index is 11.7. The fraction of sp³-hybridized carbons (Fsp3) is 0.500. The van der Waals surface area contributed by atoms with E-state index < -0.39 is 5.41 Å². The van der Waals surface area contributed by atoms with E-state index in [0.29, 0.717) is 6.54 Å². The molecular formula is C12H16N2O2. The number of nitrogens with one attached hydrogen (secondary N) is 1. The standard InChI is InChI=1S/C12H16N2O2/c15-9-12(4-5-12)11(16)14-7-3-10-2-1-6-13-8-10/h1-2,6,8,15H,3-5,7,9H2,(H,14,16). The SMILES string of the molecule is O=C(NCCc1cccnc1)C1(CO)CC1. The summed E-state index contributed by atoms with van der Waals surface area (Å²) >= 11 is 0. The van der Waals surface area contributed by atoms with Gasteiger partial charge in [0, 0.05) is 18.9 Å². The van der Waals surface area contributed by atoms with E-state index in [9.17, 15) is 4.79 Å². The van der Waals surface area contributed by atoms with Crippen LogP contribution in [-0.2, 0) is 11.2 Å². The van der Waals surface area contributed by atoms with E-state index in [2.05, 4.69) is 10.3 Å². The van der Waals surface area contributed by atoms with E-state index in [1.165, 1.54) is 0 Å². The van der Waals surface area contributed by atoms with Gasteiger partial charge in [-0.25, -0.2) is 0 Å². The summed E-state index contributed by atoms with van der Waals surface area (Å²) in [6.07, 6.45) is 5.92. The molecule has 0 spiro atoms. The Hall–Kier alpha value is -1.42. The number of aliphatic hydroxyl groups is 1. The Balaban J connectivity index is 1.75. The number of aliphatic hydroxyl groups excluding tert-OH is 1. The first-order chi connectivity index (χ1) is 7.77. The summed E-state index contributed by atoms with van der Waals surface area (Å²) in [6, 6.07) is 3.87. The zero-order valence-corrected chi connectivity index (χ0v) is 9.15. The fourth-order valence-electron chi connectivity index (χ4n) is 1.66. The maximum Gasteiger partial charge on any atom is 0.228 e. The lowest BCUT2D eigenvalue weighted by Gasteiger charge is -2.11. The molecule has 2 N–H and O–H groups in total. The van der Waals surface area contributed by atoms with Crippen molar-refractivity contribution in [3.05, 3.63) is 30.1 Å². The summed E-state index contributed by atoms with van der Waals surface area (Å²) in [6.45, 7) is 0.567. The van der Waals surface area contributed by atoms with Gasteiger partial charge >= 0.3 is 0 Å². The van der Waals surface area contributed by atoms with Gasteiger partial charge in [-0.15, -0.1) is 0 Å². The summed E-state index contributed by atoms with van der Waals surface area (Å²) in [7, 11) is 0. The lowest BCUT2D eigenvalue weighted by atomic mass is 10.1. The molecular weight excluding hydrogens is 204 g/mol.